The summed E-state index contributed by atoms with van der Waals surface area (Å²) in [5, 5.41) is 12.5. The van der Waals surface area contributed by atoms with Crippen LogP contribution in [0.15, 0.2) is 30.3 Å². The Morgan fingerprint density at radius 1 is 1.11 bits per heavy atom. The van der Waals surface area contributed by atoms with Crippen LogP contribution in [0.25, 0.3) is 11.4 Å². The lowest BCUT2D eigenvalue weighted by Gasteiger charge is -2.13. The van der Waals surface area contributed by atoms with E-state index in [9.17, 15) is 13.2 Å². The highest BCUT2D eigenvalue weighted by Crippen LogP contribution is 2.36. The zero-order chi connectivity index (χ0) is 19.4. The Kier molecular flexibility index (Phi) is 5.36. The summed E-state index contributed by atoms with van der Waals surface area (Å²) in [6.45, 7) is 2.36. The number of hydrogen-bond acceptors (Lipinski definition) is 6. The van der Waals surface area contributed by atoms with Crippen molar-refractivity contribution in [3.8, 4) is 11.4 Å². The van der Waals surface area contributed by atoms with Crippen molar-refractivity contribution in [2.75, 3.05) is 18.9 Å². The molecular formula is C17H18F3N7. The Hall–Kier alpha value is -3.01. The van der Waals surface area contributed by atoms with Crippen LogP contribution in [0.3, 0.4) is 0 Å². The number of nitrogens with one attached hydrogen (secondary N) is 3. The van der Waals surface area contributed by atoms with Crippen molar-refractivity contribution < 1.29 is 13.2 Å². The van der Waals surface area contributed by atoms with Gasteiger partial charge in [0.05, 0.1) is 5.56 Å². The first-order chi connectivity index (χ1) is 12.9. The average molecular weight is 377 g/mol. The second-order valence-corrected chi connectivity index (χ2v) is 5.83. The van der Waals surface area contributed by atoms with E-state index in [4.69, 9.17) is 0 Å². The molecule has 0 saturated heterocycles. The third kappa shape index (κ3) is 4.59. The lowest BCUT2D eigenvalue weighted by Crippen LogP contribution is -2.13. The van der Waals surface area contributed by atoms with E-state index in [0.717, 1.165) is 6.07 Å². The van der Waals surface area contributed by atoms with Crippen molar-refractivity contribution in [1.82, 2.24) is 30.5 Å². The van der Waals surface area contributed by atoms with Gasteiger partial charge in [-0.3, -0.25) is 5.10 Å². The predicted molar refractivity (Wildman–Crippen MR) is 94.5 cm³/mol. The fourth-order valence-corrected chi connectivity index (χ4v) is 2.50. The summed E-state index contributed by atoms with van der Waals surface area (Å²) in [7, 11) is 1.79. The summed E-state index contributed by atoms with van der Waals surface area (Å²) in [6.07, 6.45) is -3.97. The maximum Gasteiger partial charge on any atom is 0.417 e. The molecule has 3 aromatic rings. The van der Waals surface area contributed by atoms with Crippen molar-refractivity contribution in [3.05, 3.63) is 47.4 Å². The number of aryl methyl sites for hydroxylation is 1. The molecule has 0 amide bonds. The molecule has 0 bridgehead atoms. The van der Waals surface area contributed by atoms with Gasteiger partial charge in [-0.1, -0.05) is 18.2 Å². The molecule has 10 heteroatoms. The molecule has 3 rings (SSSR count). The van der Waals surface area contributed by atoms with E-state index in [1.165, 1.54) is 18.2 Å². The minimum absolute atomic E-state index is 0.00807. The minimum Gasteiger partial charge on any atom is -0.319 e. The van der Waals surface area contributed by atoms with Crippen molar-refractivity contribution in [2.24, 2.45) is 0 Å². The molecule has 2 aromatic heterocycles. The van der Waals surface area contributed by atoms with Crippen molar-refractivity contribution >= 4 is 11.8 Å². The van der Waals surface area contributed by atoms with Crippen LogP contribution >= 0.6 is 0 Å². The van der Waals surface area contributed by atoms with E-state index < -0.39 is 11.7 Å². The number of aromatic nitrogens is 5. The van der Waals surface area contributed by atoms with Crippen LogP contribution in [-0.4, -0.2) is 38.7 Å². The van der Waals surface area contributed by atoms with Gasteiger partial charge < -0.3 is 10.6 Å². The summed E-state index contributed by atoms with van der Waals surface area (Å²) in [5.41, 5.74) is -0.262. The van der Waals surface area contributed by atoms with E-state index in [2.05, 4.69) is 35.8 Å². The lowest BCUT2D eigenvalue weighted by atomic mass is 10.1. The molecule has 0 aliphatic rings. The minimum atomic E-state index is -4.50. The number of aromatic amines is 1. The molecule has 0 fully saturated rings. The Labute approximate surface area is 153 Å². The summed E-state index contributed by atoms with van der Waals surface area (Å²) >= 11 is 0. The van der Waals surface area contributed by atoms with Gasteiger partial charge in [-0.2, -0.15) is 18.2 Å². The van der Waals surface area contributed by atoms with Gasteiger partial charge in [-0.05, 0) is 20.0 Å². The number of benzene rings is 1. The number of rotatable bonds is 6. The number of H-pyrrole nitrogens is 1. The zero-order valence-electron chi connectivity index (χ0n) is 14.7. The van der Waals surface area contributed by atoms with E-state index in [1.54, 1.807) is 20.0 Å². The Bertz CT molecular complexity index is 921. The Morgan fingerprint density at radius 3 is 2.56 bits per heavy atom. The maximum absolute atomic E-state index is 13.4. The van der Waals surface area contributed by atoms with Gasteiger partial charge in [0, 0.05) is 30.3 Å². The number of alkyl halides is 3. The van der Waals surface area contributed by atoms with Crippen LogP contribution in [0.1, 0.15) is 17.1 Å². The molecule has 0 aliphatic carbocycles. The van der Waals surface area contributed by atoms with Gasteiger partial charge in [-0.15, -0.1) is 5.10 Å². The second kappa shape index (κ2) is 7.70. The van der Waals surface area contributed by atoms with Crippen LogP contribution in [0, 0.1) is 6.92 Å². The first-order valence-corrected chi connectivity index (χ1v) is 8.22. The highest BCUT2D eigenvalue weighted by atomic mass is 19.4. The molecule has 0 radical (unpaired) electrons. The van der Waals surface area contributed by atoms with Crippen LogP contribution < -0.4 is 10.6 Å². The number of nitrogens with zero attached hydrogens (tertiary/aromatic N) is 4. The highest BCUT2D eigenvalue weighted by molar-refractivity contribution is 5.64. The maximum atomic E-state index is 13.4. The van der Waals surface area contributed by atoms with Gasteiger partial charge in [0.15, 0.2) is 5.82 Å². The SMILES string of the molecule is CNCCc1cc(Nc2n[nH]c(C)n2)nc(-c2ccccc2C(F)(F)F)n1. The molecular weight excluding hydrogens is 359 g/mol. The smallest absolute Gasteiger partial charge is 0.319 e. The topological polar surface area (TPSA) is 91.4 Å². The first-order valence-electron chi connectivity index (χ1n) is 8.22. The van der Waals surface area contributed by atoms with E-state index in [0.29, 0.717) is 30.3 Å². The van der Waals surface area contributed by atoms with E-state index in [-0.39, 0.29) is 17.3 Å². The Balaban J connectivity index is 2.05. The van der Waals surface area contributed by atoms with Crippen molar-refractivity contribution in [1.29, 1.82) is 0 Å². The molecule has 142 valence electrons. The van der Waals surface area contributed by atoms with Gasteiger partial charge in [0.25, 0.3) is 0 Å². The third-order valence-corrected chi connectivity index (χ3v) is 3.72. The van der Waals surface area contributed by atoms with E-state index >= 15 is 0 Å². The van der Waals surface area contributed by atoms with Crippen LogP contribution in [0.2, 0.25) is 0 Å². The largest absolute Gasteiger partial charge is 0.417 e. The van der Waals surface area contributed by atoms with Gasteiger partial charge >= 0.3 is 6.18 Å². The van der Waals surface area contributed by atoms with Crippen LogP contribution in [0.5, 0.6) is 0 Å². The molecule has 0 unspecified atom stereocenters. The lowest BCUT2D eigenvalue weighted by molar-refractivity contribution is -0.137. The fourth-order valence-electron chi connectivity index (χ4n) is 2.50. The second-order valence-electron chi connectivity index (χ2n) is 5.83. The quantitative estimate of drug-likeness (QED) is 0.612. The predicted octanol–water partition coefficient (Wildman–Crippen LogP) is 3.09. The molecule has 0 aliphatic heterocycles. The normalized spacial score (nSPS) is 11.6. The summed E-state index contributed by atoms with van der Waals surface area (Å²) in [6, 6.07) is 6.92. The van der Waals surface area contributed by atoms with Gasteiger partial charge in [0.1, 0.15) is 11.6 Å². The highest BCUT2D eigenvalue weighted by Gasteiger charge is 2.34. The van der Waals surface area contributed by atoms with Crippen LogP contribution in [0.4, 0.5) is 24.9 Å². The molecule has 7 nitrogen and oxygen atoms in total. The van der Waals surface area contributed by atoms with E-state index in [1.807, 2.05) is 0 Å². The molecule has 27 heavy (non-hydrogen) atoms. The molecule has 3 N–H and O–H groups in total. The van der Waals surface area contributed by atoms with Gasteiger partial charge in [0.2, 0.25) is 5.95 Å². The van der Waals surface area contributed by atoms with Gasteiger partial charge in [-0.25, -0.2) is 9.97 Å². The number of likely N-dealkylation sites (N-methyl/N-ethyl adjacent to an activating group) is 1. The molecule has 1 aromatic carbocycles. The number of halogens is 3. The van der Waals surface area contributed by atoms with Crippen molar-refractivity contribution in [3.63, 3.8) is 0 Å². The standard InChI is InChI=1S/C17H18F3N7/c1-10-22-16(27-26-10)25-14-9-11(7-8-21-2)23-15(24-14)12-5-3-4-6-13(12)17(18,19)20/h3-6,9,21H,7-8H2,1-2H3,(H2,22,23,24,25,26,27). The number of hydrogen-bond donors (Lipinski definition) is 3. The molecule has 0 saturated carbocycles. The summed E-state index contributed by atoms with van der Waals surface area (Å²) in [5.74, 6) is 1.19. The molecule has 2 heterocycles. The zero-order valence-corrected chi connectivity index (χ0v) is 14.7. The summed E-state index contributed by atoms with van der Waals surface area (Å²) < 4.78 is 40.1. The molecule has 0 atom stereocenters. The fraction of sp³-hybridized carbons (Fsp3) is 0.294. The number of anilines is 2. The monoisotopic (exact) mass is 377 g/mol. The third-order valence-electron chi connectivity index (χ3n) is 3.72. The average Bonchev–Trinajstić information content (AvgIpc) is 3.04. The molecule has 0 spiro atoms. The van der Waals surface area contributed by atoms with Crippen molar-refractivity contribution in [2.45, 2.75) is 19.5 Å². The first kappa shape index (κ1) is 18.8. The van der Waals surface area contributed by atoms with Crippen LogP contribution in [-0.2, 0) is 12.6 Å². The summed E-state index contributed by atoms with van der Waals surface area (Å²) in [4.78, 5) is 12.7. The Morgan fingerprint density at radius 2 is 1.89 bits per heavy atom.